The Bertz CT molecular complexity index is 3630. The van der Waals surface area contributed by atoms with Crippen LogP contribution < -0.4 is 8.61 Å². The lowest BCUT2D eigenvalue weighted by molar-refractivity contribution is -0.186. The number of hydrogen-bond acceptors (Lipinski definition) is 14. The van der Waals surface area contributed by atoms with Gasteiger partial charge in [0.05, 0.1) is 80.6 Å². The van der Waals surface area contributed by atoms with Gasteiger partial charge in [-0.25, -0.2) is 25.6 Å². The summed E-state index contributed by atoms with van der Waals surface area (Å²) in [5, 5.41) is -0.360. The van der Waals surface area contributed by atoms with Crippen molar-refractivity contribution in [1.82, 2.24) is 9.80 Å². The van der Waals surface area contributed by atoms with Crippen LogP contribution in [0.15, 0.2) is 121 Å². The van der Waals surface area contributed by atoms with Crippen molar-refractivity contribution >= 4 is 124 Å². The third kappa shape index (κ3) is 17.0. The highest BCUT2D eigenvalue weighted by molar-refractivity contribution is 7.94. The van der Waals surface area contributed by atoms with E-state index in [1.54, 1.807) is 124 Å². The predicted molar refractivity (Wildman–Crippen MR) is 356 cm³/mol. The van der Waals surface area contributed by atoms with E-state index in [0.717, 1.165) is 8.61 Å². The van der Waals surface area contributed by atoms with Crippen molar-refractivity contribution in [2.24, 2.45) is 0 Å². The van der Waals surface area contributed by atoms with Gasteiger partial charge < -0.3 is 28.7 Å². The summed E-state index contributed by atoms with van der Waals surface area (Å²) in [6.45, 7) is 13.7. The minimum absolute atomic E-state index is 0.0824. The van der Waals surface area contributed by atoms with Gasteiger partial charge in [-0.15, -0.1) is 22.7 Å². The third-order valence-electron chi connectivity index (χ3n) is 15.8. The molecule has 0 bridgehead atoms. The number of hydrogen-bond donors (Lipinski definition) is 0. The Balaban J connectivity index is 0.000000217. The van der Waals surface area contributed by atoms with Gasteiger partial charge in [0.2, 0.25) is 20.0 Å². The smallest absolute Gasteiger partial charge is 0.309 e. The van der Waals surface area contributed by atoms with Gasteiger partial charge in [-0.2, -0.15) is 0 Å². The molecular weight excluding hydrogens is 1350 g/mol. The molecule has 0 N–H and O–H groups in total. The Labute approximate surface area is 565 Å². The second-order valence-electron chi connectivity index (χ2n) is 25.0. The number of thiophene rings is 2. The Kier molecular flexibility index (Phi) is 22.6. The van der Waals surface area contributed by atoms with Crippen LogP contribution in [0.1, 0.15) is 152 Å². The van der Waals surface area contributed by atoms with E-state index in [1.807, 2.05) is 26.0 Å². The minimum atomic E-state index is -3.95. The van der Waals surface area contributed by atoms with E-state index in [9.17, 15) is 36.0 Å². The van der Waals surface area contributed by atoms with Gasteiger partial charge in [0.1, 0.15) is 47.3 Å². The number of para-hydroxylation sites is 2. The highest BCUT2D eigenvalue weighted by Gasteiger charge is 2.52. The van der Waals surface area contributed by atoms with Crippen LogP contribution in [0.5, 0.6) is 0 Å². The molecule has 16 nitrogen and oxygen atoms in total. The van der Waals surface area contributed by atoms with E-state index in [1.165, 1.54) is 59.1 Å². The molecule has 4 aromatic carbocycles. The zero-order chi connectivity index (χ0) is 66.8. The first-order valence-electron chi connectivity index (χ1n) is 30.3. The second kappa shape index (κ2) is 29.3. The van der Waals surface area contributed by atoms with E-state index < -0.39 is 126 Å². The number of ether oxygens (including phenoxy) is 4. The molecule has 4 fully saturated rings. The van der Waals surface area contributed by atoms with Gasteiger partial charge in [-0.1, -0.05) is 109 Å². The summed E-state index contributed by atoms with van der Waals surface area (Å²) >= 11 is 28.2. The lowest BCUT2D eigenvalue weighted by Crippen LogP contribution is -2.58. The fraction of sp³-hybridized carbons (Fsp3) is 0.455. The van der Waals surface area contributed by atoms with Crippen molar-refractivity contribution in [3.05, 3.63) is 173 Å². The van der Waals surface area contributed by atoms with Gasteiger partial charge in [0, 0.05) is 19.8 Å². The number of morpholine rings is 2. The summed E-state index contributed by atoms with van der Waals surface area (Å²) in [4.78, 5) is 59.8. The average Bonchev–Trinajstić information content (AvgIpc) is 1.53. The molecule has 4 heterocycles. The van der Waals surface area contributed by atoms with E-state index in [0.29, 0.717) is 78.1 Å². The maximum absolute atomic E-state index is 15.2. The number of nitrogens with zero attached hydrogens (tertiary/aromatic N) is 4. The molecule has 2 aromatic heterocycles. The number of carbonyl (C=O) groups excluding carboxylic acids is 4. The average molecular weight is 1420 g/mol. The summed E-state index contributed by atoms with van der Waals surface area (Å²) in [6, 6.07) is 29.5. The number of sulfonamides is 2. The second-order valence-corrected chi connectivity index (χ2v) is 33.7. The van der Waals surface area contributed by atoms with E-state index in [4.69, 9.17) is 65.4 Å². The first-order valence-corrected chi connectivity index (χ1v) is 36.5. The number of esters is 2. The van der Waals surface area contributed by atoms with Crippen LogP contribution in [0.4, 0.5) is 20.2 Å². The highest BCUT2D eigenvalue weighted by Crippen LogP contribution is 2.50. The Morgan fingerprint density at radius 2 is 0.924 bits per heavy atom. The van der Waals surface area contributed by atoms with Crippen LogP contribution >= 0.6 is 69.1 Å². The van der Waals surface area contributed by atoms with Gasteiger partial charge >= 0.3 is 11.9 Å². The number of carbonyl (C=O) groups is 4. The molecule has 2 saturated heterocycles. The van der Waals surface area contributed by atoms with Crippen LogP contribution in [-0.2, 0) is 58.2 Å². The minimum Gasteiger partial charge on any atom is -0.460 e. The SMILES string of the molecule is CC[C@@H](CN(c1ccccc1F)S(=O)(=O)C1CC1)N1C(=O)[C@@H](CC(=O)OC(C)(C)C)O[C@H](c2cccc(Cl)c2)[C@H]1c1ccc(Cl)s1.CC[C@@H](CN(c1ccccc1F)S(=O)(=O)C1CC1)N1C(=O)[C@H](CC(=O)OC(C)(C)C)O[C@H](c2cccc(Cl)c2)[C@H]1c1ccc(Cl)s1. The first kappa shape index (κ1) is 70.9. The Hall–Kier alpha value is -5.40. The molecule has 4 aliphatic rings. The topological polar surface area (TPSA) is 186 Å². The van der Waals surface area contributed by atoms with E-state index >= 15 is 8.78 Å². The lowest BCUT2D eigenvalue weighted by atomic mass is 9.93. The summed E-state index contributed by atoms with van der Waals surface area (Å²) in [7, 11) is -7.91. The van der Waals surface area contributed by atoms with Gasteiger partial charge in [0.15, 0.2) is 0 Å². The van der Waals surface area contributed by atoms with Gasteiger partial charge in [-0.05, 0) is 164 Å². The monoisotopic (exact) mass is 1420 g/mol. The third-order valence-corrected chi connectivity index (χ3v) is 23.4. The summed E-state index contributed by atoms with van der Waals surface area (Å²) in [5.74, 6) is -3.63. The molecule has 0 radical (unpaired) electrons. The van der Waals surface area contributed by atoms with Crippen LogP contribution in [0.25, 0.3) is 0 Å². The fourth-order valence-corrected chi connectivity index (χ4v) is 18.0. The zero-order valence-electron chi connectivity index (χ0n) is 52.0. The Morgan fingerprint density at radius 1 is 0.565 bits per heavy atom. The first-order chi connectivity index (χ1) is 43.4. The fourth-order valence-electron chi connectivity index (χ4n) is 11.4. The number of rotatable bonds is 22. The number of halogens is 6. The van der Waals surface area contributed by atoms with Gasteiger partial charge in [-0.3, -0.25) is 27.8 Å². The summed E-state index contributed by atoms with van der Waals surface area (Å²) < 4.78 is 113. The van der Waals surface area contributed by atoms with E-state index in [2.05, 4.69) is 0 Å². The van der Waals surface area contributed by atoms with Crippen molar-refractivity contribution in [2.45, 2.75) is 177 Å². The zero-order valence-corrected chi connectivity index (χ0v) is 58.3. The number of benzene rings is 4. The maximum atomic E-state index is 15.2. The molecule has 496 valence electrons. The molecule has 0 unspecified atom stereocenters. The van der Waals surface area contributed by atoms with Crippen molar-refractivity contribution in [3.8, 4) is 0 Å². The molecule has 0 spiro atoms. The molecule has 2 amide bonds. The lowest BCUT2D eigenvalue weighted by Gasteiger charge is -2.48. The molecule has 26 heteroatoms. The number of anilines is 2. The molecular formula is C66H74Cl4F2N4O12S4. The largest absolute Gasteiger partial charge is 0.460 e. The van der Waals surface area contributed by atoms with E-state index in [-0.39, 0.29) is 37.3 Å². The molecule has 2 aliphatic heterocycles. The molecule has 2 saturated carbocycles. The molecule has 8 atom stereocenters. The standard InChI is InChI=1S/2C33H37Cl2FN2O6S2/c2*1-5-22(19-37(46(41,42)23-13-14-23)25-12-7-6-11-24(25)36)38-30(27-15-16-28(35)45-27)31(20-9-8-10-21(34)17-20)43-26(32(38)40)18-29(39)44-33(2,3)4/h2*6-12,15-17,22-23,26,30-31H,5,13-14,18-19H2,1-4H3/t22-,26+,30+,31+;22-,26-,30+,31+/m00/s1. The van der Waals surface area contributed by atoms with Crippen molar-refractivity contribution < 1.29 is 63.7 Å². The molecule has 10 rings (SSSR count). The normalized spacial score (nSPS) is 21.2. The van der Waals surface area contributed by atoms with Crippen LogP contribution in [0, 0.1) is 11.6 Å². The summed E-state index contributed by atoms with van der Waals surface area (Å²) in [6.07, 6.45) is -2.31. The predicted octanol–water partition coefficient (Wildman–Crippen LogP) is 15.4. The number of amides is 2. The Morgan fingerprint density at radius 3 is 1.22 bits per heavy atom. The van der Waals surface area contributed by atoms with Gasteiger partial charge in [0.25, 0.3) is 11.8 Å². The van der Waals surface area contributed by atoms with Crippen molar-refractivity contribution in [1.29, 1.82) is 0 Å². The van der Waals surface area contributed by atoms with Crippen LogP contribution in [0.3, 0.4) is 0 Å². The highest BCUT2D eigenvalue weighted by atomic mass is 35.5. The maximum Gasteiger partial charge on any atom is 0.309 e. The molecule has 6 aromatic rings. The molecule has 92 heavy (non-hydrogen) atoms. The summed E-state index contributed by atoms with van der Waals surface area (Å²) in [5.41, 5.74) is -0.441. The van der Waals surface area contributed by atoms with Crippen LogP contribution in [-0.4, -0.2) is 109 Å². The quantitative estimate of drug-likeness (QED) is 0.0586. The van der Waals surface area contributed by atoms with Crippen LogP contribution in [0.2, 0.25) is 18.7 Å². The molecule has 2 aliphatic carbocycles. The van der Waals surface area contributed by atoms with Crippen molar-refractivity contribution in [3.63, 3.8) is 0 Å². The van der Waals surface area contributed by atoms with Crippen molar-refractivity contribution in [2.75, 3.05) is 21.7 Å².